The Morgan fingerprint density at radius 3 is 2.14 bits per heavy atom. The lowest BCUT2D eigenvalue weighted by molar-refractivity contribution is 0.256. The third-order valence-electron chi connectivity index (χ3n) is 6.79. The van der Waals surface area contributed by atoms with Gasteiger partial charge < -0.3 is 9.84 Å². The lowest BCUT2D eigenvalue weighted by Gasteiger charge is -2.17. The molecule has 0 aliphatic carbocycles. The highest BCUT2D eigenvalue weighted by atomic mass is 35.5. The molecule has 0 fully saturated rings. The summed E-state index contributed by atoms with van der Waals surface area (Å²) in [7, 11) is -3.90. The summed E-state index contributed by atoms with van der Waals surface area (Å²) < 4.78 is 33.9. The van der Waals surface area contributed by atoms with Crippen molar-refractivity contribution in [2.24, 2.45) is 0 Å². The minimum atomic E-state index is -3.90. The first-order chi connectivity index (χ1) is 20.3. The van der Waals surface area contributed by atoms with Crippen molar-refractivity contribution in [2.75, 3.05) is 13.2 Å². The molecule has 0 amide bonds. The first-order valence-corrected chi connectivity index (χ1v) is 16.3. The van der Waals surface area contributed by atoms with Crippen molar-refractivity contribution in [1.82, 2.24) is 14.7 Å². The van der Waals surface area contributed by atoms with Crippen LogP contribution < -0.4 is 9.46 Å². The maximum atomic E-state index is 12.8. The van der Waals surface area contributed by atoms with Gasteiger partial charge in [-0.1, -0.05) is 92.2 Å². The van der Waals surface area contributed by atoms with E-state index < -0.39 is 16.1 Å². The number of sulfonamides is 1. The van der Waals surface area contributed by atoms with E-state index in [4.69, 9.17) is 27.9 Å². The molecule has 7 nitrogen and oxygen atoms in total. The van der Waals surface area contributed by atoms with E-state index in [1.165, 1.54) is 43.9 Å². The summed E-state index contributed by atoms with van der Waals surface area (Å²) in [5.74, 6) is 1.44. The molecular weight excluding hydrogens is 593 g/mol. The number of nitrogens with one attached hydrogen (secondary N) is 1. The molecule has 0 saturated heterocycles. The number of nitrogens with zero attached hydrogens (tertiary/aromatic N) is 2. The molecule has 1 aromatic heterocycles. The predicted molar refractivity (Wildman–Crippen MR) is 169 cm³/mol. The molecule has 0 radical (unpaired) electrons. The molecule has 1 unspecified atom stereocenters. The molecule has 0 aliphatic rings. The van der Waals surface area contributed by atoms with Crippen molar-refractivity contribution >= 4 is 33.2 Å². The highest BCUT2D eigenvalue weighted by Gasteiger charge is 2.21. The van der Waals surface area contributed by atoms with Gasteiger partial charge in [-0.15, -0.1) is 0 Å². The Kier molecular flexibility index (Phi) is 11.7. The van der Waals surface area contributed by atoms with Crippen molar-refractivity contribution < 1.29 is 18.3 Å². The highest BCUT2D eigenvalue weighted by Crippen LogP contribution is 2.26. The Hall–Kier alpha value is -3.01. The molecule has 1 atom stereocenters. The van der Waals surface area contributed by atoms with Crippen molar-refractivity contribution in [3.63, 3.8) is 0 Å². The van der Waals surface area contributed by atoms with Gasteiger partial charge in [0.1, 0.15) is 5.75 Å². The number of aliphatic hydroxyl groups excluding tert-OH is 1. The summed E-state index contributed by atoms with van der Waals surface area (Å²) in [6, 6.07) is 18.8. The second-order valence-electron chi connectivity index (χ2n) is 10.1. The van der Waals surface area contributed by atoms with Crippen LogP contribution >= 0.6 is 23.2 Å². The van der Waals surface area contributed by atoms with E-state index in [0.717, 1.165) is 41.0 Å². The number of benzene rings is 3. The topological polar surface area (TPSA) is 101 Å². The number of aromatic nitrogens is 2. The van der Waals surface area contributed by atoms with Gasteiger partial charge in [0.2, 0.25) is 10.0 Å². The fourth-order valence-corrected chi connectivity index (χ4v) is 6.03. The number of hydrogen-bond acceptors (Lipinski definition) is 6. The molecule has 222 valence electrons. The van der Waals surface area contributed by atoms with E-state index in [0.29, 0.717) is 5.82 Å². The summed E-state index contributed by atoms with van der Waals surface area (Å²) in [6.07, 6.45) is 9.91. The van der Waals surface area contributed by atoms with Gasteiger partial charge in [-0.3, -0.25) is 0 Å². The number of aliphatic hydroxyl groups is 1. The highest BCUT2D eigenvalue weighted by molar-refractivity contribution is 7.89. The zero-order valence-electron chi connectivity index (χ0n) is 23.5. The van der Waals surface area contributed by atoms with Crippen LogP contribution in [0.4, 0.5) is 0 Å². The molecule has 10 heteroatoms. The van der Waals surface area contributed by atoms with Crippen LogP contribution in [0.1, 0.15) is 44.6 Å². The SMILES string of the molecule is CCCCCCCOc1ccc(-c2cnc(-c3ccc(CC(CO)NS(=O)(=O)c4ccc(Cl)c(Cl)c4)cc3)nc2)cc1. The molecule has 0 saturated carbocycles. The predicted octanol–water partition coefficient (Wildman–Crippen LogP) is 7.35. The van der Waals surface area contributed by atoms with Gasteiger partial charge >= 0.3 is 0 Å². The summed E-state index contributed by atoms with van der Waals surface area (Å²) in [4.78, 5) is 9.06. The van der Waals surface area contributed by atoms with E-state index in [9.17, 15) is 13.5 Å². The lowest BCUT2D eigenvalue weighted by Crippen LogP contribution is -2.39. The zero-order chi connectivity index (χ0) is 30.0. The molecule has 0 aliphatic heterocycles. The van der Waals surface area contributed by atoms with Crippen LogP contribution in [0.5, 0.6) is 5.75 Å². The molecule has 4 aromatic rings. The summed E-state index contributed by atoms with van der Waals surface area (Å²) in [6.45, 7) is 2.57. The van der Waals surface area contributed by atoms with E-state index in [1.54, 1.807) is 12.4 Å². The average molecular weight is 629 g/mol. The summed E-state index contributed by atoms with van der Waals surface area (Å²) in [5, 5.41) is 10.2. The van der Waals surface area contributed by atoms with E-state index in [1.807, 2.05) is 48.5 Å². The minimum absolute atomic E-state index is 0.0243. The number of rotatable bonds is 15. The van der Waals surface area contributed by atoms with Gasteiger partial charge in [-0.25, -0.2) is 23.1 Å². The van der Waals surface area contributed by atoms with Gasteiger partial charge in [-0.2, -0.15) is 0 Å². The Labute approximate surface area is 258 Å². The number of halogens is 2. The van der Waals surface area contributed by atoms with Gasteiger partial charge in [0.25, 0.3) is 0 Å². The molecule has 42 heavy (non-hydrogen) atoms. The summed E-state index contributed by atoms with van der Waals surface area (Å²) >= 11 is 11.9. The Morgan fingerprint density at radius 1 is 0.833 bits per heavy atom. The second kappa shape index (κ2) is 15.5. The fraction of sp³-hybridized carbons (Fsp3) is 0.312. The van der Waals surface area contributed by atoms with Crippen molar-refractivity contribution in [3.8, 4) is 28.3 Å². The van der Waals surface area contributed by atoms with Crippen LogP contribution in [0.25, 0.3) is 22.5 Å². The van der Waals surface area contributed by atoms with Crippen LogP contribution in [0, 0.1) is 0 Å². The average Bonchev–Trinajstić information content (AvgIpc) is 3.00. The monoisotopic (exact) mass is 627 g/mol. The van der Waals surface area contributed by atoms with Crippen LogP contribution in [-0.4, -0.2) is 42.7 Å². The first kappa shape index (κ1) is 31.9. The molecule has 0 bridgehead atoms. The maximum absolute atomic E-state index is 12.8. The summed E-state index contributed by atoms with van der Waals surface area (Å²) in [5.41, 5.74) is 3.58. The normalized spacial score (nSPS) is 12.3. The van der Waals surface area contributed by atoms with Gasteiger partial charge in [-0.05, 0) is 54.3 Å². The van der Waals surface area contributed by atoms with Crippen LogP contribution in [-0.2, 0) is 16.4 Å². The molecule has 4 rings (SSSR count). The fourth-order valence-electron chi connectivity index (χ4n) is 4.41. The Morgan fingerprint density at radius 2 is 1.50 bits per heavy atom. The van der Waals surface area contributed by atoms with Crippen molar-refractivity contribution in [3.05, 3.63) is 94.7 Å². The first-order valence-electron chi connectivity index (χ1n) is 14.0. The zero-order valence-corrected chi connectivity index (χ0v) is 25.8. The van der Waals surface area contributed by atoms with Crippen molar-refractivity contribution in [1.29, 1.82) is 0 Å². The number of unbranched alkanes of at least 4 members (excludes halogenated alkanes) is 4. The second-order valence-corrected chi connectivity index (χ2v) is 12.6. The van der Waals surface area contributed by atoms with Crippen LogP contribution in [0.3, 0.4) is 0 Å². The quantitative estimate of drug-likeness (QED) is 0.134. The molecule has 2 N–H and O–H groups in total. The Bertz CT molecular complexity index is 1530. The molecule has 3 aromatic carbocycles. The van der Waals surface area contributed by atoms with E-state index in [-0.39, 0.29) is 28.0 Å². The van der Waals surface area contributed by atoms with Crippen LogP contribution in [0.2, 0.25) is 10.0 Å². The van der Waals surface area contributed by atoms with E-state index in [2.05, 4.69) is 21.6 Å². The molecule has 0 spiro atoms. The number of ether oxygens (including phenoxy) is 1. The third-order valence-corrected chi connectivity index (χ3v) is 9.05. The Balaban J connectivity index is 1.33. The van der Waals surface area contributed by atoms with E-state index >= 15 is 0 Å². The largest absolute Gasteiger partial charge is 0.494 e. The van der Waals surface area contributed by atoms with Crippen LogP contribution in [0.15, 0.2) is 84.0 Å². The van der Waals surface area contributed by atoms with Gasteiger partial charge in [0.05, 0.1) is 28.2 Å². The van der Waals surface area contributed by atoms with Crippen molar-refractivity contribution in [2.45, 2.75) is 56.4 Å². The number of hydrogen-bond donors (Lipinski definition) is 2. The smallest absolute Gasteiger partial charge is 0.240 e. The third kappa shape index (κ3) is 8.99. The van der Waals surface area contributed by atoms with Gasteiger partial charge in [0.15, 0.2) is 5.82 Å². The lowest BCUT2D eigenvalue weighted by atomic mass is 10.0. The molecular formula is C32H35Cl2N3O4S. The maximum Gasteiger partial charge on any atom is 0.240 e. The molecule has 1 heterocycles. The minimum Gasteiger partial charge on any atom is -0.494 e. The standard InChI is InChI=1S/C32H35Cl2N3O4S/c1-2-3-4-5-6-17-41-28-13-11-24(12-14-28)26-20-35-32(36-21-26)25-9-7-23(8-10-25)18-27(22-38)37-42(39,40)29-15-16-30(33)31(34)19-29/h7-16,19-21,27,37-38H,2-6,17-18,22H2,1H3. The van der Waals surface area contributed by atoms with Gasteiger partial charge in [0, 0.05) is 29.6 Å².